The van der Waals surface area contributed by atoms with Crippen LogP contribution in [-0.4, -0.2) is 56.0 Å². The monoisotopic (exact) mass is 351 g/mol. The van der Waals surface area contributed by atoms with E-state index in [4.69, 9.17) is 15.6 Å². The van der Waals surface area contributed by atoms with Gasteiger partial charge in [-0.15, -0.1) is 0 Å². The minimum Gasteiger partial charge on any atom is -0.394 e. The molecule has 0 bridgehead atoms. The van der Waals surface area contributed by atoms with Crippen LogP contribution in [0.5, 0.6) is 0 Å². The van der Waals surface area contributed by atoms with Crippen LogP contribution in [0.2, 0.25) is 0 Å². The Morgan fingerprint density at radius 2 is 2.04 bits per heavy atom. The maximum atomic E-state index is 12.2. The summed E-state index contributed by atoms with van der Waals surface area (Å²) in [5.74, 6) is -0.290. The van der Waals surface area contributed by atoms with E-state index in [2.05, 4.69) is 4.98 Å². The van der Waals surface area contributed by atoms with Crippen molar-refractivity contribution in [2.75, 3.05) is 12.3 Å². The van der Waals surface area contributed by atoms with E-state index < -0.39 is 49.4 Å². The number of halogens is 3. The topological polar surface area (TPSA) is 131 Å². The van der Waals surface area contributed by atoms with Crippen LogP contribution in [0.15, 0.2) is 17.1 Å². The quantitative estimate of drug-likeness (QED) is 0.570. The summed E-state index contributed by atoms with van der Waals surface area (Å²) < 4.78 is 42.5. The number of aliphatic hydroxyl groups excluding tert-OH is 3. The minimum atomic E-state index is -4.39. The van der Waals surface area contributed by atoms with Crippen molar-refractivity contribution in [2.45, 2.75) is 37.1 Å². The van der Waals surface area contributed by atoms with Crippen molar-refractivity contribution in [3.05, 3.63) is 28.3 Å². The van der Waals surface area contributed by atoms with E-state index in [0.29, 0.717) is 0 Å². The number of nitrogen functional groups attached to an aromatic ring is 1. The zero-order valence-electron chi connectivity index (χ0n) is 12.2. The van der Waals surface area contributed by atoms with Crippen molar-refractivity contribution in [1.29, 1.82) is 0 Å². The molecular weight excluding hydrogens is 335 g/mol. The molecule has 1 aromatic heterocycles. The van der Waals surface area contributed by atoms with Gasteiger partial charge in [-0.25, -0.2) is 4.79 Å². The van der Waals surface area contributed by atoms with Gasteiger partial charge in [-0.05, 0) is 0 Å². The Kier molecular flexibility index (Phi) is 5.28. The molecule has 1 aliphatic heterocycles. The van der Waals surface area contributed by atoms with Crippen LogP contribution in [0.3, 0.4) is 0 Å². The fourth-order valence-electron chi connectivity index (χ4n) is 2.24. The lowest BCUT2D eigenvalue weighted by molar-refractivity contribution is -0.124. The second-order valence-corrected chi connectivity index (χ2v) is 5.22. The number of nitrogens with zero attached hydrogens (tertiary/aromatic N) is 2. The highest BCUT2D eigenvalue weighted by molar-refractivity contribution is 5.59. The number of nitrogens with two attached hydrogens (primary N) is 1. The molecule has 2 heterocycles. The molecule has 2 rings (SSSR count). The molecule has 11 heteroatoms. The van der Waals surface area contributed by atoms with Crippen LogP contribution in [0.4, 0.5) is 19.0 Å². The fourth-order valence-corrected chi connectivity index (χ4v) is 2.24. The van der Waals surface area contributed by atoms with E-state index in [1.165, 1.54) is 0 Å². The second-order valence-electron chi connectivity index (χ2n) is 5.22. The van der Waals surface area contributed by atoms with Gasteiger partial charge in [0.05, 0.1) is 13.0 Å². The van der Waals surface area contributed by atoms with E-state index in [1.807, 2.05) is 0 Å². The molecule has 0 aliphatic carbocycles. The molecule has 1 aliphatic rings. The standard InChI is InChI=1S/C13H16F3N3O5/c14-13(15,16)3-1-2-6-4-19(12(23)18-10(6)17)11-9(22)8(21)7(5-20)24-11/h1-2,4,7-9,11,20-22H,3,5H2,(H2,17,18,23)/t7-,8-,9-,11-/m1/s1. The number of ether oxygens (including phenoxy) is 1. The van der Waals surface area contributed by atoms with Gasteiger partial charge in [0.25, 0.3) is 0 Å². The van der Waals surface area contributed by atoms with Gasteiger partial charge in [-0.1, -0.05) is 12.2 Å². The molecular formula is C13H16F3N3O5. The van der Waals surface area contributed by atoms with Gasteiger partial charge in [-0.3, -0.25) is 4.57 Å². The zero-order valence-corrected chi connectivity index (χ0v) is 12.2. The third-order valence-corrected chi connectivity index (χ3v) is 3.45. The van der Waals surface area contributed by atoms with Gasteiger partial charge in [0.15, 0.2) is 6.23 Å². The van der Waals surface area contributed by atoms with E-state index in [-0.39, 0.29) is 11.4 Å². The van der Waals surface area contributed by atoms with E-state index in [1.54, 1.807) is 0 Å². The summed E-state index contributed by atoms with van der Waals surface area (Å²) in [5, 5.41) is 28.7. The number of anilines is 1. The molecule has 0 unspecified atom stereocenters. The van der Waals surface area contributed by atoms with E-state index >= 15 is 0 Å². The molecule has 0 spiro atoms. The van der Waals surface area contributed by atoms with Gasteiger partial charge in [-0.2, -0.15) is 18.2 Å². The molecule has 0 radical (unpaired) electrons. The summed E-state index contributed by atoms with van der Waals surface area (Å²) in [6.07, 6.45) is -8.11. The van der Waals surface area contributed by atoms with Gasteiger partial charge >= 0.3 is 11.9 Å². The molecule has 1 saturated heterocycles. The molecule has 24 heavy (non-hydrogen) atoms. The Bertz CT molecular complexity index is 676. The normalized spacial score (nSPS) is 27.9. The second kappa shape index (κ2) is 6.89. The largest absolute Gasteiger partial charge is 0.394 e. The number of hydrogen-bond donors (Lipinski definition) is 4. The maximum Gasteiger partial charge on any atom is 0.392 e. The smallest absolute Gasteiger partial charge is 0.392 e. The first-order valence-electron chi connectivity index (χ1n) is 6.88. The average molecular weight is 351 g/mol. The lowest BCUT2D eigenvalue weighted by atomic mass is 10.1. The Labute approximate surface area is 133 Å². The summed E-state index contributed by atoms with van der Waals surface area (Å²) in [5.41, 5.74) is 4.59. The lowest BCUT2D eigenvalue weighted by Crippen LogP contribution is -2.36. The van der Waals surface area contributed by atoms with Crippen molar-refractivity contribution in [3.8, 4) is 0 Å². The van der Waals surface area contributed by atoms with Gasteiger partial charge in [0.1, 0.15) is 24.1 Å². The molecule has 4 atom stereocenters. The number of hydrogen-bond acceptors (Lipinski definition) is 7. The number of aliphatic hydroxyl groups is 3. The fraction of sp³-hybridized carbons (Fsp3) is 0.538. The Morgan fingerprint density at radius 3 is 2.58 bits per heavy atom. The number of allylic oxidation sites excluding steroid dienone is 1. The highest BCUT2D eigenvalue weighted by atomic mass is 19.4. The van der Waals surface area contributed by atoms with Crippen LogP contribution in [-0.2, 0) is 4.74 Å². The van der Waals surface area contributed by atoms with Crippen LogP contribution < -0.4 is 11.4 Å². The summed E-state index contributed by atoms with van der Waals surface area (Å²) in [6, 6.07) is 0. The van der Waals surface area contributed by atoms with Gasteiger partial charge in [0, 0.05) is 11.8 Å². The summed E-state index contributed by atoms with van der Waals surface area (Å²) in [4.78, 5) is 15.4. The van der Waals surface area contributed by atoms with Crippen LogP contribution in [0.25, 0.3) is 6.08 Å². The number of alkyl halides is 3. The lowest BCUT2D eigenvalue weighted by Gasteiger charge is -2.18. The molecule has 134 valence electrons. The minimum absolute atomic E-state index is 0.0107. The van der Waals surface area contributed by atoms with E-state index in [0.717, 1.165) is 22.9 Å². The Hall–Kier alpha value is -1.95. The first-order chi connectivity index (χ1) is 11.1. The molecule has 0 amide bonds. The highest BCUT2D eigenvalue weighted by Crippen LogP contribution is 2.29. The summed E-state index contributed by atoms with van der Waals surface area (Å²) in [6.45, 7) is -0.593. The molecule has 1 fully saturated rings. The summed E-state index contributed by atoms with van der Waals surface area (Å²) in [7, 11) is 0. The third-order valence-electron chi connectivity index (χ3n) is 3.45. The SMILES string of the molecule is Nc1nc(=O)n([C@@H]2O[C@H](CO)[C@@H](O)[C@H]2O)cc1C=CCC(F)(F)F. The van der Waals surface area contributed by atoms with Crippen LogP contribution in [0.1, 0.15) is 18.2 Å². The Morgan fingerprint density at radius 1 is 1.38 bits per heavy atom. The maximum absolute atomic E-state index is 12.2. The number of aromatic nitrogens is 2. The predicted octanol–water partition coefficient (Wildman–Crippen LogP) is -0.597. The molecule has 0 aromatic carbocycles. The van der Waals surface area contributed by atoms with Crippen molar-refractivity contribution in [2.24, 2.45) is 0 Å². The van der Waals surface area contributed by atoms with E-state index in [9.17, 15) is 28.2 Å². The highest BCUT2D eigenvalue weighted by Gasteiger charge is 2.43. The van der Waals surface area contributed by atoms with Crippen molar-refractivity contribution in [1.82, 2.24) is 9.55 Å². The van der Waals surface area contributed by atoms with Crippen molar-refractivity contribution >= 4 is 11.9 Å². The van der Waals surface area contributed by atoms with Crippen molar-refractivity contribution < 1.29 is 33.2 Å². The predicted molar refractivity (Wildman–Crippen MR) is 75.6 cm³/mol. The van der Waals surface area contributed by atoms with Crippen LogP contribution in [0, 0.1) is 0 Å². The molecule has 5 N–H and O–H groups in total. The molecule has 8 nitrogen and oxygen atoms in total. The Balaban J connectivity index is 2.32. The first kappa shape index (κ1) is 18.4. The summed E-state index contributed by atoms with van der Waals surface area (Å²) >= 11 is 0. The van der Waals surface area contributed by atoms with Crippen LogP contribution >= 0.6 is 0 Å². The molecule has 1 aromatic rings. The van der Waals surface area contributed by atoms with Gasteiger partial charge < -0.3 is 25.8 Å². The van der Waals surface area contributed by atoms with Gasteiger partial charge in [0.2, 0.25) is 0 Å². The molecule has 0 saturated carbocycles. The zero-order chi connectivity index (χ0) is 18.1. The first-order valence-corrected chi connectivity index (χ1v) is 6.88. The van der Waals surface area contributed by atoms with Crippen molar-refractivity contribution in [3.63, 3.8) is 0 Å². The average Bonchev–Trinajstić information content (AvgIpc) is 2.76. The number of rotatable bonds is 4. The third kappa shape index (κ3) is 3.93.